The van der Waals surface area contributed by atoms with E-state index in [2.05, 4.69) is 31.0 Å². The number of nitrogens with zero attached hydrogens (tertiary/aromatic N) is 1. The van der Waals surface area contributed by atoms with Crippen molar-refractivity contribution in [1.29, 1.82) is 0 Å². The Kier molecular flexibility index (Phi) is 10.8. The Labute approximate surface area is 176 Å². The minimum absolute atomic E-state index is 0.224. The molecule has 1 atom stereocenters. The lowest BCUT2D eigenvalue weighted by atomic mass is 9.94. The van der Waals surface area contributed by atoms with Crippen molar-refractivity contribution in [2.45, 2.75) is 77.6 Å². The Bertz CT molecular complexity index is 722. The molecule has 0 radical (unpaired) electrons. The first kappa shape index (κ1) is 22.9. The molecule has 0 N–H and O–H groups in total. The number of esters is 1. The van der Waals surface area contributed by atoms with Crippen molar-refractivity contribution in [1.82, 2.24) is 4.98 Å². The Morgan fingerprint density at radius 3 is 2.41 bits per heavy atom. The lowest BCUT2D eigenvalue weighted by molar-refractivity contribution is -0.129. The number of carbonyl (C=O) groups is 1. The largest absolute Gasteiger partial charge is 0.404 e. The van der Waals surface area contributed by atoms with E-state index >= 15 is 0 Å². The lowest BCUT2D eigenvalue weighted by Crippen LogP contribution is -2.06. The molecule has 3 nitrogen and oxygen atoms in total. The van der Waals surface area contributed by atoms with Crippen molar-refractivity contribution in [2.75, 3.05) is 0 Å². The van der Waals surface area contributed by atoms with Gasteiger partial charge in [-0.2, -0.15) is 0 Å². The molecular weight excluding hydrogens is 358 g/mol. The second kappa shape index (κ2) is 13.7. The minimum atomic E-state index is -0.377. The molecular formula is C26H35NO2. The molecule has 0 aliphatic heterocycles. The van der Waals surface area contributed by atoms with Gasteiger partial charge >= 0.3 is 5.97 Å². The Balaban J connectivity index is 1.80. The van der Waals surface area contributed by atoms with Crippen LogP contribution in [0.25, 0.3) is 0 Å². The molecule has 0 aliphatic rings. The van der Waals surface area contributed by atoms with Gasteiger partial charge in [0.15, 0.2) is 0 Å². The minimum Gasteiger partial charge on any atom is -0.404 e. The smallest absolute Gasteiger partial charge is 0.337 e. The molecule has 0 aliphatic carbocycles. The highest BCUT2D eigenvalue weighted by atomic mass is 16.5. The van der Waals surface area contributed by atoms with E-state index in [4.69, 9.17) is 4.74 Å². The summed E-state index contributed by atoms with van der Waals surface area (Å²) < 4.78 is 5.37. The molecule has 2 rings (SSSR count). The molecule has 3 heteroatoms. The summed E-state index contributed by atoms with van der Waals surface area (Å²) >= 11 is 0. The molecule has 0 spiro atoms. The van der Waals surface area contributed by atoms with Gasteiger partial charge < -0.3 is 4.74 Å². The Morgan fingerprint density at radius 2 is 1.72 bits per heavy atom. The van der Waals surface area contributed by atoms with Crippen LogP contribution < -0.4 is 4.74 Å². The molecule has 2 aromatic rings. The summed E-state index contributed by atoms with van der Waals surface area (Å²) in [5.41, 5.74) is 2.42. The number of allylic oxidation sites excluding steroid dienone is 1. The second-order valence-electron chi connectivity index (χ2n) is 7.61. The summed E-state index contributed by atoms with van der Waals surface area (Å²) in [6, 6.07) is 14.1. The first-order valence-electron chi connectivity index (χ1n) is 11.1. The number of rotatable bonds is 13. The summed E-state index contributed by atoms with van der Waals surface area (Å²) in [5, 5.41) is 0. The van der Waals surface area contributed by atoms with E-state index in [1.807, 2.05) is 36.5 Å². The monoisotopic (exact) mass is 393 g/mol. The van der Waals surface area contributed by atoms with Gasteiger partial charge in [0.2, 0.25) is 5.88 Å². The summed E-state index contributed by atoms with van der Waals surface area (Å²) in [5.74, 6) is 0.206. The van der Waals surface area contributed by atoms with E-state index in [0.29, 0.717) is 5.88 Å². The van der Waals surface area contributed by atoms with Crippen molar-refractivity contribution in [3.05, 3.63) is 71.9 Å². The molecule has 156 valence electrons. The number of hydrogen-bond donors (Lipinski definition) is 0. The zero-order valence-electron chi connectivity index (χ0n) is 18.0. The number of carbonyl (C=O) groups excluding carboxylic acids is 1. The molecule has 1 heterocycles. The normalized spacial score (nSPS) is 12.2. The third-order valence-corrected chi connectivity index (χ3v) is 5.11. The molecule has 1 unspecified atom stereocenters. The lowest BCUT2D eigenvalue weighted by Gasteiger charge is -2.11. The molecule has 0 amide bonds. The quantitative estimate of drug-likeness (QED) is 0.208. The fourth-order valence-electron chi connectivity index (χ4n) is 3.45. The van der Waals surface area contributed by atoms with Crippen molar-refractivity contribution in [2.24, 2.45) is 0 Å². The van der Waals surface area contributed by atoms with Crippen LogP contribution >= 0.6 is 0 Å². The maximum Gasteiger partial charge on any atom is 0.337 e. The van der Waals surface area contributed by atoms with E-state index in [-0.39, 0.29) is 11.9 Å². The molecule has 1 aromatic carbocycles. The van der Waals surface area contributed by atoms with Gasteiger partial charge in [-0.3, -0.25) is 0 Å². The van der Waals surface area contributed by atoms with Crippen LogP contribution in [0.15, 0.2) is 60.8 Å². The van der Waals surface area contributed by atoms with Crippen LogP contribution in [0.5, 0.6) is 5.88 Å². The van der Waals surface area contributed by atoms with Crippen molar-refractivity contribution in [3.63, 3.8) is 0 Å². The van der Waals surface area contributed by atoms with E-state index in [0.717, 1.165) is 19.3 Å². The van der Waals surface area contributed by atoms with Crippen LogP contribution in [0.4, 0.5) is 0 Å². The first-order valence-corrected chi connectivity index (χ1v) is 11.1. The number of pyridine rings is 1. The van der Waals surface area contributed by atoms with E-state index in [9.17, 15) is 4.79 Å². The van der Waals surface area contributed by atoms with Gasteiger partial charge in [-0.15, -0.1) is 0 Å². The zero-order valence-corrected chi connectivity index (χ0v) is 18.0. The first-order chi connectivity index (χ1) is 14.2. The fourth-order valence-corrected chi connectivity index (χ4v) is 3.45. The van der Waals surface area contributed by atoms with Gasteiger partial charge in [0.25, 0.3) is 0 Å². The molecule has 0 saturated carbocycles. The fraction of sp³-hybridized carbons (Fsp3) is 0.462. The van der Waals surface area contributed by atoms with Gasteiger partial charge in [0.1, 0.15) is 0 Å². The van der Waals surface area contributed by atoms with Gasteiger partial charge in [-0.25, -0.2) is 9.78 Å². The van der Waals surface area contributed by atoms with Crippen LogP contribution in [0.2, 0.25) is 0 Å². The van der Waals surface area contributed by atoms with E-state index in [1.165, 1.54) is 55.7 Å². The number of aromatic nitrogens is 1. The highest BCUT2D eigenvalue weighted by Gasteiger charge is 2.08. The third-order valence-electron chi connectivity index (χ3n) is 5.11. The molecule has 29 heavy (non-hydrogen) atoms. The molecule has 0 fully saturated rings. The number of ether oxygens (including phenoxy) is 1. The maximum absolute atomic E-state index is 12.2. The van der Waals surface area contributed by atoms with Gasteiger partial charge in [-0.1, -0.05) is 94.8 Å². The number of hydrogen-bond acceptors (Lipinski definition) is 3. The number of benzene rings is 1. The second-order valence-corrected chi connectivity index (χ2v) is 7.61. The number of aryl methyl sites for hydroxylation is 1. The summed E-state index contributed by atoms with van der Waals surface area (Å²) in [6.07, 6.45) is 16.1. The third kappa shape index (κ3) is 9.08. The van der Waals surface area contributed by atoms with Crippen LogP contribution in [-0.4, -0.2) is 11.0 Å². The van der Waals surface area contributed by atoms with Crippen molar-refractivity contribution >= 4 is 5.97 Å². The Hall–Kier alpha value is -2.42. The van der Waals surface area contributed by atoms with E-state index < -0.39 is 0 Å². The van der Waals surface area contributed by atoms with Crippen LogP contribution in [0.3, 0.4) is 0 Å². The van der Waals surface area contributed by atoms with Crippen molar-refractivity contribution in [3.8, 4) is 5.88 Å². The summed E-state index contributed by atoms with van der Waals surface area (Å²) in [7, 11) is 0. The SMILES string of the molecule is CCCCCCCCc1ccc(OC(=O)/C=C/C(CCC)c2ccccc2)nc1. The summed E-state index contributed by atoms with van der Waals surface area (Å²) in [6.45, 7) is 4.39. The topological polar surface area (TPSA) is 39.2 Å². The van der Waals surface area contributed by atoms with Crippen LogP contribution in [0, 0.1) is 0 Å². The molecule has 0 saturated heterocycles. The zero-order chi connectivity index (χ0) is 20.7. The predicted octanol–water partition coefficient (Wildman–Crippen LogP) is 7.03. The maximum atomic E-state index is 12.2. The molecule has 0 bridgehead atoms. The van der Waals surface area contributed by atoms with Crippen LogP contribution in [-0.2, 0) is 11.2 Å². The predicted molar refractivity (Wildman–Crippen MR) is 120 cm³/mol. The summed E-state index contributed by atoms with van der Waals surface area (Å²) in [4.78, 5) is 16.5. The van der Waals surface area contributed by atoms with Crippen LogP contribution in [0.1, 0.15) is 82.3 Å². The standard InChI is InChI=1S/C26H35NO2/c1-3-5-6-7-8-10-14-22-17-19-25(27-21-22)29-26(28)20-18-23(13-4-2)24-15-11-9-12-16-24/h9,11-12,15-21,23H,3-8,10,13-14H2,1-2H3/b20-18+. The molecule has 1 aromatic heterocycles. The van der Waals surface area contributed by atoms with Gasteiger partial charge in [0, 0.05) is 24.3 Å². The highest BCUT2D eigenvalue weighted by Crippen LogP contribution is 2.22. The Morgan fingerprint density at radius 1 is 0.966 bits per heavy atom. The average Bonchev–Trinajstić information content (AvgIpc) is 2.75. The van der Waals surface area contributed by atoms with Gasteiger partial charge in [0.05, 0.1) is 0 Å². The van der Waals surface area contributed by atoms with Crippen molar-refractivity contribution < 1.29 is 9.53 Å². The van der Waals surface area contributed by atoms with E-state index in [1.54, 1.807) is 6.07 Å². The average molecular weight is 394 g/mol. The number of unbranched alkanes of at least 4 members (excludes halogenated alkanes) is 5. The van der Waals surface area contributed by atoms with Gasteiger partial charge in [-0.05, 0) is 30.4 Å². The highest BCUT2D eigenvalue weighted by molar-refractivity contribution is 5.83.